The van der Waals surface area contributed by atoms with Gasteiger partial charge in [0.25, 0.3) is 0 Å². The number of hydrogen-bond acceptors (Lipinski definition) is 5. The number of carboxylic acids is 1. The molecule has 22 heavy (non-hydrogen) atoms. The van der Waals surface area contributed by atoms with Gasteiger partial charge < -0.3 is 14.7 Å². The minimum absolute atomic E-state index is 0.163. The van der Waals surface area contributed by atoms with Crippen molar-refractivity contribution in [3.8, 4) is 0 Å². The first kappa shape index (κ1) is 16.7. The molecule has 122 valence electrons. The lowest BCUT2D eigenvalue weighted by molar-refractivity contribution is -0.148. The van der Waals surface area contributed by atoms with Crippen LogP contribution in [0.3, 0.4) is 0 Å². The van der Waals surface area contributed by atoms with Gasteiger partial charge in [-0.15, -0.1) is 11.3 Å². The molecule has 1 saturated heterocycles. The number of aromatic nitrogens is 1. The van der Waals surface area contributed by atoms with Crippen LogP contribution in [0.1, 0.15) is 37.9 Å². The van der Waals surface area contributed by atoms with Crippen LogP contribution in [0.25, 0.3) is 0 Å². The summed E-state index contributed by atoms with van der Waals surface area (Å²) in [6, 6.07) is 0. The first-order valence-electron chi connectivity index (χ1n) is 7.24. The lowest BCUT2D eigenvalue weighted by Gasteiger charge is -2.26. The number of carboxylic acid groups (broad SMARTS) is 1. The quantitative estimate of drug-likeness (QED) is 0.924. The molecule has 1 aromatic rings. The largest absolute Gasteiger partial charge is 0.481 e. The Morgan fingerprint density at radius 1 is 1.50 bits per heavy atom. The number of thiazole rings is 1. The zero-order valence-electron chi connectivity index (χ0n) is 13.4. The molecule has 1 fully saturated rings. The predicted octanol–water partition coefficient (Wildman–Crippen LogP) is 2.71. The van der Waals surface area contributed by atoms with Crippen molar-refractivity contribution in [3.63, 3.8) is 0 Å². The molecule has 0 spiro atoms. The summed E-state index contributed by atoms with van der Waals surface area (Å²) in [6.45, 7) is 7.83. The lowest BCUT2D eigenvalue weighted by atomic mass is 9.84. The van der Waals surface area contributed by atoms with Gasteiger partial charge in [0.15, 0.2) is 0 Å². The Labute approximate surface area is 134 Å². The van der Waals surface area contributed by atoms with E-state index in [-0.39, 0.29) is 6.54 Å². The number of amides is 1. The maximum Gasteiger partial charge on any atom is 0.410 e. The minimum Gasteiger partial charge on any atom is -0.481 e. The zero-order valence-corrected chi connectivity index (χ0v) is 14.2. The van der Waals surface area contributed by atoms with E-state index >= 15 is 0 Å². The maximum absolute atomic E-state index is 12.1. The Morgan fingerprint density at radius 2 is 2.18 bits per heavy atom. The van der Waals surface area contributed by atoms with Crippen LogP contribution < -0.4 is 0 Å². The fourth-order valence-corrected chi connectivity index (χ4v) is 3.44. The van der Waals surface area contributed by atoms with Crippen LogP contribution in [0.2, 0.25) is 0 Å². The summed E-state index contributed by atoms with van der Waals surface area (Å²) in [5.74, 6) is -0.883. The number of hydrogen-bond donors (Lipinski definition) is 1. The monoisotopic (exact) mass is 326 g/mol. The number of aryl methyl sites for hydroxylation is 1. The number of likely N-dealkylation sites (tertiary alicyclic amines) is 1. The molecule has 0 aromatic carbocycles. The molecule has 0 bridgehead atoms. The highest BCUT2D eigenvalue weighted by Crippen LogP contribution is 2.36. The zero-order chi connectivity index (χ0) is 16.5. The molecule has 1 N–H and O–H groups in total. The van der Waals surface area contributed by atoms with E-state index in [4.69, 9.17) is 4.74 Å². The molecule has 2 rings (SSSR count). The maximum atomic E-state index is 12.1. The van der Waals surface area contributed by atoms with Crippen LogP contribution in [0, 0.1) is 12.3 Å². The van der Waals surface area contributed by atoms with Gasteiger partial charge >= 0.3 is 12.1 Å². The van der Waals surface area contributed by atoms with Gasteiger partial charge in [0, 0.05) is 30.6 Å². The molecule has 0 radical (unpaired) electrons. The van der Waals surface area contributed by atoms with Crippen LogP contribution in [0.15, 0.2) is 5.38 Å². The van der Waals surface area contributed by atoms with Crippen molar-refractivity contribution in [1.29, 1.82) is 0 Å². The lowest BCUT2D eigenvalue weighted by Crippen LogP contribution is -2.40. The fourth-order valence-electron chi connectivity index (χ4n) is 2.52. The summed E-state index contributed by atoms with van der Waals surface area (Å²) in [4.78, 5) is 29.7. The highest BCUT2D eigenvalue weighted by atomic mass is 32.1. The normalized spacial score (nSPS) is 21.9. The van der Waals surface area contributed by atoms with E-state index in [1.54, 1.807) is 20.8 Å². The Kier molecular flexibility index (Phi) is 4.47. The van der Waals surface area contributed by atoms with Crippen LogP contribution in [-0.4, -0.2) is 45.7 Å². The van der Waals surface area contributed by atoms with Gasteiger partial charge in [0.05, 0.1) is 10.4 Å². The van der Waals surface area contributed by atoms with E-state index in [0.29, 0.717) is 19.4 Å². The molecule has 7 heteroatoms. The second kappa shape index (κ2) is 5.87. The van der Waals surface area contributed by atoms with Gasteiger partial charge in [-0.05, 0) is 34.1 Å². The molecule has 1 aliphatic rings. The molecule has 2 heterocycles. The number of ether oxygens (including phenoxy) is 1. The molecule has 0 saturated carbocycles. The van der Waals surface area contributed by atoms with Crippen LogP contribution in [-0.2, 0) is 16.0 Å². The van der Waals surface area contributed by atoms with Crippen molar-refractivity contribution in [2.45, 2.75) is 46.1 Å². The van der Waals surface area contributed by atoms with E-state index in [0.717, 1.165) is 10.7 Å². The third kappa shape index (κ3) is 3.76. The number of carbonyl (C=O) groups excluding carboxylic acids is 1. The van der Waals surface area contributed by atoms with Crippen LogP contribution >= 0.6 is 11.3 Å². The topological polar surface area (TPSA) is 79.7 Å². The Morgan fingerprint density at radius 3 is 2.68 bits per heavy atom. The third-order valence-electron chi connectivity index (χ3n) is 3.62. The van der Waals surface area contributed by atoms with E-state index in [9.17, 15) is 14.7 Å². The number of carbonyl (C=O) groups is 2. The number of nitrogens with zero attached hydrogens (tertiary/aromatic N) is 2. The Bertz CT molecular complexity index is 578. The SMILES string of the molecule is Cc1csc(CC2(C(=O)O)CCN(C(=O)OC(C)(C)C)C2)n1. The van der Waals surface area contributed by atoms with E-state index in [2.05, 4.69) is 4.98 Å². The Hall–Kier alpha value is -1.63. The van der Waals surface area contributed by atoms with Crippen LogP contribution in [0.5, 0.6) is 0 Å². The highest BCUT2D eigenvalue weighted by molar-refractivity contribution is 7.09. The average molecular weight is 326 g/mol. The van der Waals surface area contributed by atoms with Gasteiger partial charge in [-0.3, -0.25) is 4.79 Å². The first-order chi connectivity index (χ1) is 10.1. The molecule has 1 aromatic heterocycles. The molecular weight excluding hydrogens is 304 g/mol. The number of aliphatic carboxylic acids is 1. The van der Waals surface area contributed by atoms with Gasteiger partial charge in [0.1, 0.15) is 5.60 Å². The summed E-state index contributed by atoms with van der Waals surface area (Å²) in [5, 5.41) is 12.4. The second-order valence-electron chi connectivity index (χ2n) is 6.80. The molecule has 0 aliphatic carbocycles. The van der Waals surface area contributed by atoms with Gasteiger partial charge in [-0.1, -0.05) is 0 Å². The second-order valence-corrected chi connectivity index (χ2v) is 7.74. The van der Waals surface area contributed by atoms with Crippen molar-refractivity contribution in [1.82, 2.24) is 9.88 Å². The fraction of sp³-hybridized carbons (Fsp3) is 0.667. The molecule has 1 amide bonds. The molecule has 1 atom stereocenters. The van der Waals surface area contributed by atoms with Gasteiger partial charge in [0.2, 0.25) is 0 Å². The predicted molar refractivity (Wildman–Crippen MR) is 83.0 cm³/mol. The third-order valence-corrected chi connectivity index (χ3v) is 4.58. The highest BCUT2D eigenvalue weighted by Gasteiger charge is 2.47. The smallest absolute Gasteiger partial charge is 0.410 e. The van der Waals surface area contributed by atoms with Crippen molar-refractivity contribution in [3.05, 3.63) is 16.1 Å². The van der Waals surface area contributed by atoms with Gasteiger partial charge in [-0.25, -0.2) is 9.78 Å². The van der Waals surface area contributed by atoms with E-state index in [1.165, 1.54) is 16.2 Å². The first-order valence-corrected chi connectivity index (χ1v) is 8.12. The molecule has 6 nitrogen and oxygen atoms in total. The van der Waals surface area contributed by atoms with Crippen molar-refractivity contribution in [2.75, 3.05) is 13.1 Å². The Balaban J connectivity index is 2.11. The van der Waals surface area contributed by atoms with E-state index < -0.39 is 23.1 Å². The summed E-state index contributed by atoms with van der Waals surface area (Å²) < 4.78 is 5.33. The van der Waals surface area contributed by atoms with Crippen molar-refractivity contribution < 1.29 is 19.4 Å². The van der Waals surface area contributed by atoms with Crippen molar-refractivity contribution >= 4 is 23.4 Å². The van der Waals surface area contributed by atoms with E-state index in [1.807, 2.05) is 12.3 Å². The minimum atomic E-state index is -0.971. The molecular formula is C15H22N2O4S. The number of rotatable bonds is 3. The van der Waals surface area contributed by atoms with Gasteiger partial charge in [-0.2, -0.15) is 0 Å². The standard InChI is InChI=1S/C15H22N2O4S/c1-10-8-22-11(16-10)7-15(12(18)19)5-6-17(9-15)13(20)21-14(2,3)4/h8H,5-7,9H2,1-4H3,(H,18,19). The summed E-state index contributed by atoms with van der Waals surface area (Å²) in [7, 11) is 0. The average Bonchev–Trinajstić information content (AvgIpc) is 2.95. The molecule has 1 aliphatic heterocycles. The summed E-state index contributed by atoms with van der Waals surface area (Å²) >= 11 is 1.46. The summed E-state index contributed by atoms with van der Waals surface area (Å²) in [5.41, 5.74) is -0.665. The van der Waals surface area contributed by atoms with Crippen molar-refractivity contribution in [2.24, 2.45) is 5.41 Å². The molecule has 1 unspecified atom stereocenters. The van der Waals surface area contributed by atoms with Crippen LogP contribution in [0.4, 0.5) is 4.79 Å². The summed E-state index contributed by atoms with van der Waals surface area (Å²) in [6.07, 6.45) is 0.311.